The van der Waals surface area contributed by atoms with Crippen LogP contribution in [-0.2, 0) is 13.2 Å². The van der Waals surface area contributed by atoms with Crippen LogP contribution in [0, 0.1) is 5.82 Å². The molecule has 0 saturated carbocycles. The highest BCUT2D eigenvalue weighted by atomic mass is 79.9. The number of ether oxygens (including phenoxy) is 1. The topological polar surface area (TPSA) is 101 Å². The van der Waals surface area contributed by atoms with Crippen molar-refractivity contribution in [3.05, 3.63) is 50.0 Å². The van der Waals surface area contributed by atoms with Crippen molar-refractivity contribution in [3.63, 3.8) is 0 Å². The van der Waals surface area contributed by atoms with Crippen molar-refractivity contribution in [2.24, 2.45) is 0 Å². The number of anilines is 1. The third-order valence-corrected chi connectivity index (χ3v) is 5.46. The number of nitrogens with zero attached hydrogens (tertiary/aromatic N) is 3. The van der Waals surface area contributed by atoms with Gasteiger partial charge in [0.15, 0.2) is 0 Å². The second kappa shape index (κ2) is 12.7. The summed E-state index contributed by atoms with van der Waals surface area (Å²) in [6, 6.07) is 3.78. The maximum atomic E-state index is 13.9. The molecule has 0 radical (unpaired) electrons. The fourth-order valence-corrected chi connectivity index (χ4v) is 3.51. The van der Waals surface area contributed by atoms with Crippen LogP contribution in [0.5, 0.6) is 5.88 Å². The molecule has 9 nitrogen and oxygen atoms in total. The highest BCUT2D eigenvalue weighted by molar-refractivity contribution is 9.10. The summed E-state index contributed by atoms with van der Waals surface area (Å²) in [6.07, 6.45) is 0. The summed E-state index contributed by atoms with van der Waals surface area (Å²) in [5.74, 6) is 0.123. The number of amides is 2. The smallest absolute Gasteiger partial charge is 0.315 e. The molecule has 0 unspecified atom stereocenters. The summed E-state index contributed by atoms with van der Waals surface area (Å²) in [5.41, 5.74) is 0.962. The van der Waals surface area contributed by atoms with Gasteiger partial charge in [-0.05, 0) is 81.0 Å². The molecule has 0 bridgehead atoms. The first kappa shape index (κ1) is 27.6. The Morgan fingerprint density at radius 3 is 2.56 bits per heavy atom. The van der Waals surface area contributed by atoms with Crippen molar-refractivity contribution in [2.75, 3.05) is 32.5 Å². The molecule has 2 rings (SSSR count). The van der Waals surface area contributed by atoms with E-state index in [-0.39, 0.29) is 47.2 Å². The van der Waals surface area contributed by atoms with E-state index < -0.39 is 5.82 Å². The molecule has 0 aliphatic heterocycles. The average molecular weight is 541 g/mol. The summed E-state index contributed by atoms with van der Waals surface area (Å²) in [6.45, 7) is 9.02. The fraction of sp³-hybridized carbons (Fsp3) is 0.522. The van der Waals surface area contributed by atoms with Crippen molar-refractivity contribution < 1.29 is 13.9 Å². The number of aromatic nitrogens is 2. The number of likely N-dealkylation sites (N-methyl/N-ethyl adjacent to an activating group) is 1. The molecule has 11 heteroatoms. The highest BCUT2D eigenvalue weighted by Crippen LogP contribution is 2.24. The number of hydrogen-bond donors (Lipinski definition) is 3. The predicted octanol–water partition coefficient (Wildman–Crippen LogP) is 3.49. The molecule has 0 aliphatic rings. The van der Waals surface area contributed by atoms with Gasteiger partial charge in [-0.3, -0.25) is 9.36 Å². The van der Waals surface area contributed by atoms with Crippen LogP contribution in [0.4, 0.5) is 15.1 Å². The average Bonchev–Trinajstić information content (AvgIpc) is 2.73. The Balaban J connectivity index is 2.25. The van der Waals surface area contributed by atoms with Crippen LogP contribution < -0.4 is 26.2 Å². The number of carbonyl (C=O) groups excluding carboxylic acids is 1. The third kappa shape index (κ3) is 7.98. The van der Waals surface area contributed by atoms with E-state index in [1.54, 1.807) is 10.6 Å². The van der Waals surface area contributed by atoms with E-state index >= 15 is 0 Å². The molecule has 1 aromatic carbocycles. The van der Waals surface area contributed by atoms with Crippen molar-refractivity contribution in [2.45, 2.75) is 52.9 Å². The molecule has 0 spiro atoms. The lowest BCUT2D eigenvalue weighted by Crippen LogP contribution is -2.39. The summed E-state index contributed by atoms with van der Waals surface area (Å²) in [4.78, 5) is 31.5. The Labute approximate surface area is 208 Å². The number of nitrogens with one attached hydrogen (secondary N) is 3. The van der Waals surface area contributed by atoms with Crippen LogP contribution >= 0.6 is 15.9 Å². The quantitative estimate of drug-likeness (QED) is 0.403. The molecule has 0 fully saturated rings. The summed E-state index contributed by atoms with van der Waals surface area (Å²) in [5, 5.41) is 8.64. The van der Waals surface area contributed by atoms with Crippen LogP contribution in [0.25, 0.3) is 0 Å². The molecule has 0 atom stereocenters. The molecular weight excluding hydrogens is 507 g/mol. The van der Waals surface area contributed by atoms with Gasteiger partial charge in [0.2, 0.25) is 11.8 Å². The summed E-state index contributed by atoms with van der Waals surface area (Å²) in [7, 11) is 3.92. The van der Waals surface area contributed by atoms with Crippen LogP contribution in [-0.4, -0.2) is 53.7 Å². The van der Waals surface area contributed by atoms with E-state index in [0.717, 1.165) is 6.54 Å². The van der Waals surface area contributed by atoms with E-state index in [0.29, 0.717) is 23.6 Å². The molecule has 2 amide bonds. The van der Waals surface area contributed by atoms with Crippen molar-refractivity contribution >= 4 is 27.9 Å². The van der Waals surface area contributed by atoms with E-state index in [1.165, 1.54) is 12.1 Å². The van der Waals surface area contributed by atoms with Crippen LogP contribution in [0.15, 0.2) is 27.5 Å². The lowest BCUT2D eigenvalue weighted by Gasteiger charge is -2.20. The van der Waals surface area contributed by atoms with Gasteiger partial charge in [0.1, 0.15) is 16.9 Å². The largest absolute Gasteiger partial charge is 0.472 e. The first-order valence-electron chi connectivity index (χ1n) is 11.1. The second-order valence-electron chi connectivity index (χ2n) is 8.74. The Kier molecular flexibility index (Phi) is 10.3. The van der Waals surface area contributed by atoms with Crippen molar-refractivity contribution in [3.8, 4) is 5.88 Å². The number of benzene rings is 1. The Morgan fingerprint density at radius 2 is 1.94 bits per heavy atom. The van der Waals surface area contributed by atoms with E-state index in [4.69, 9.17) is 4.74 Å². The van der Waals surface area contributed by atoms with Gasteiger partial charge in [0.25, 0.3) is 5.56 Å². The Hall–Kier alpha value is -2.66. The number of carbonyl (C=O) groups is 1. The van der Waals surface area contributed by atoms with Crippen LogP contribution in [0.2, 0.25) is 0 Å². The molecule has 2 aromatic rings. The zero-order valence-electron chi connectivity index (χ0n) is 20.5. The minimum absolute atomic E-state index is 0.0211. The predicted molar refractivity (Wildman–Crippen MR) is 135 cm³/mol. The number of hydrogen-bond acceptors (Lipinski definition) is 6. The van der Waals surface area contributed by atoms with E-state index in [2.05, 4.69) is 36.9 Å². The second-order valence-corrected chi connectivity index (χ2v) is 9.53. The molecule has 3 N–H and O–H groups in total. The number of halogens is 2. The molecule has 0 saturated heterocycles. The molecule has 1 aromatic heterocycles. The van der Waals surface area contributed by atoms with Gasteiger partial charge < -0.3 is 25.6 Å². The van der Waals surface area contributed by atoms with Crippen LogP contribution in [0.1, 0.15) is 44.9 Å². The van der Waals surface area contributed by atoms with Gasteiger partial charge in [-0.1, -0.05) is 6.07 Å². The molecule has 1 heterocycles. The Bertz CT molecular complexity index is 1040. The van der Waals surface area contributed by atoms with Gasteiger partial charge in [-0.15, -0.1) is 0 Å². The van der Waals surface area contributed by atoms with Crippen molar-refractivity contribution in [1.82, 2.24) is 25.1 Å². The van der Waals surface area contributed by atoms with Crippen LogP contribution in [0.3, 0.4) is 0 Å². The van der Waals surface area contributed by atoms with Gasteiger partial charge >= 0.3 is 6.03 Å². The molecule has 188 valence electrons. The lowest BCUT2D eigenvalue weighted by atomic mass is 10.1. The maximum Gasteiger partial charge on any atom is 0.315 e. The number of rotatable bonds is 11. The minimum Gasteiger partial charge on any atom is -0.472 e. The molecular formula is C23H34BrFN6O3. The zero-order valence-corrected chi connectivity index (χ0v) is 22.1. The number of urea groups is 1. The fourth-order valence-electron chi connectivity index (χ4n) is 3.12. The summed E-state index contributed by atoms with van der Waals surface area (Å²) < 4.78 is 21.5. The normalized spacial score (nSPS) is 11.3. The molecule has 0 aliphatic carbocycles. The standard InChI is InChI=1S/C23H34BrFN6O3/c1-14(2)28-23(33)27-12-17-11-18(25)8-7-16(17)13-34-20-19(24)21(32)31(15(3)4)22(29-20)26-9-10-30(5)6/h7-8,11,14-15H,9-10,12-13H2,1-6H3,(H,26,29)(H2,27,28,33). The molecule has 34 heavy (non-hydrogen) atoms. The van der Waals surface area contributed by atoms with Gasteiger partial charge in [0, 0.05) is 31.7 Å². The van der Waals surface area contributed by atoms with E-state index in [1.807, 2.05) is 46.7 Å². The Morgan fingerprint density at radius 1 is 1.24 bits per heavy atom. The maximum absolute atomic E-state index is 13.9. The third-order valence-electron chi connectivity index (χ3n) is 4.78. The lowest BCUT2D eigenvalue weighted by molar-refractivity contribution is 0.238. The SMILES string of the molecule is CC(C)NC(=O)NCc1cc(F)ccc1COc1nc(NCCN(C)C)n(C(C)C)c(=O)c1Br. The van der Waals surface area contributed by atoms with Gasteiger partial charge in [-0.25, -0.2) is 9.18 Å². The van der Waals surface area contributed by atoms with Gasteiger partial charge in [-0.2, -0.15) is 4.98 Å². The first-order valence-corrected chi connectivity index (χ1v) is 11.9. The zero-order chi connectivity index (χ0) is 25.4. The van der Waals surface area contributed by atoms with Crippen molar-refractivity contribution in [1.29, 1.82) is 0 Å². The monoisotopic (exact) mass is 540 g/mol. The van der Waals surface area contributed by atoms with E-state index in [9.17, 15) is 14.0 Å². The first-order chi connectivity index (χ1) is 16.0. The minimum atomic E-state index is -0.420. The summed E-state index contributed by atoms with van der Waals surface area (Å²) >= 11 is 3.32. The highest BCUT2D eigenvalue weighted by Gasteiger charge is 2.18. The van der Waals surface area contributed by atoms with Gasteiger partial charge in [0.05, 0.1) is 0 Å².